The van der Waals surface area contributed by atoms with Crippen LogP contribution in [-0.4, -0.2) is 21.6 Å². The molecule has 0 unspecified atom stereocenters. The molecule has 7 heteroatoms. The molecular weight excluding hydrogens is 381 g/mol. The first kappa shape index (κ1) is 18.9. The van der Waals surface area contributed by atoms with E-state index in [-0.39, 0.29) is 17.4 Å². The highest BCUT2D eigenvalue weighted by Gasteiger charge is 2.33. The zero-order valence-corrected chi connectivity index (χ0v) is 16.8. The van der Waals surface area contributed by atoms with Gasteiger partial charge in [-0.2, -0.15) is 0 Å². The highest BCUT2D eigenvalue weighted by atomic mass is 35.5. The van der Waals surface area contributed by atoms with E-state index in [1.54, 1.807) is 23.8 Å². The summed E-state index contributed by atoms with van der Waals surface area (Å²) in [6.45, 7) is 3.78. The van der Waals surface area contributed by atoms with Gasteiger partial charge in [-0.3, -0.25) is 9.36 Å². The molecule has 3 aromatic rings. The van der Waals surface area contributed by atoms with Gasteiger partial charge in [0.2, 0.25) is 0 Å². The Morgan fingerprint density at radius 2 is 2.11 bits per heavy atom. The lowest BCUT2D eigenvalue weighted by Crippen LogP contribution is -2.29. The van der Waals surface area contributed by atoms with Crippen LogP contribution in [0, 0.1) is 18.7 Å². The van der Waals surface area contributed by atoms with E-state index in [1.807, 2.05) is 0 Å². The van der Waals surface area contributed by atoms with Gasteiger partial charge in [0.1, 0.15) is 11.2 Å². The SMILES string of the molecule is CC[C@@H](C1CC1)n1c(=O)c(C)nc2c(-c3cc(F)c(OC)cc3Cl)ccnc21. The molecule has 0 N–H and O–H groups in total. The van der Waals surface area contributed by atoms with Crippen LogP contribution in [0.4, 0.5) is 4.39 Å². The van der Waals surface area contributed by atoms with Gasteiger partial charge in [0.05, 0.1) is 12.1 Å². The lowest BCUT2D eigenvalue weighted by atomic mass is 10.0. The maximum Gasteiger partial charge on any atom is 0.273 e. The summed E-state index contributed by atoms with van der Waals surface area (Å²) >= 11 is 6.41. The monoisotopic (exact) mass is 401 g/mol. The molecule has 2 aromatic heterocycles. The van der Waals surface area contributed by atoms with Gasteiger partial charge >= 0.3 is 0 Å². The fourth-order valence-corrected chi connectivity index (χ4v) is 4.10. The fraction of sp³-hybridized carbons (Fsp3) is 0.381. The number of methoxy groups -OCH3 is 1. The van der Waals surface area contributed by atoms with E-state index in [0.29, 0.717) is 38.9 Å². The molecular formula is C21H21ClFN3O2. The van der Waals surface area contributed by atoms with Crippen LogP contribution in [-0.2, 0) is 0 Å². The number of nitrogens with zero attached hydrogens (tertiary/aromatic N) is 3. The van der Waals surface area contributed by atoms with Crippen molar-refractivity contribution in [3.05, 3.63) is 51.3 Å². The molecule has 0 amide bonds. The van der Waals surface area contributed by atoms with Gasteiger partial charge in [-0.25, -0.2) is 14.4 Å². The molecule has 0 saturated heterocycles. The fourth-order valence-electron chi connectivity index (χ4n) is 3.84. The maximum atomic E-state index is 14.4. The van der Waals surface area contributed by atoms with Crippen molar-refractivity contribution < 1.29 is 9.13 Å². The second-order valence-corrected chi connectivity index (χ2v) is 7.59. The lowest BCUT2D eigenvalue weighted by Gasteiger charge is -2.21. The molecule has 146 valence electrons. The largest absolute Gasteiger partial charge is 0.494 e. The maximum absolute atomic E-state index is 14.4. The van der Waals surface area contributed by atoms with Gasteiger partial charge in [0.15, 0.2) is 17.2 Å². The summed E-state index contributed by atoms with van der Waals surface area (Å²) in [5.41, 5.74) is 2.46. The van der Waals surface area contributed by atoms with Gasteiger partial charge in [0, 0.05) is 29.4 Å². The summed E-state index contributed by atoms with van der Waals surface area (Å²) in [6, 6.07) is 4.61. The van der Waals surface area contributed by atoms with Crippen molar-refractivity contribution in [1.82, 2.24) is 14.5 Å². The number of ether oxygens (including phenoxy) is 1. The minimum atomic E-state index is -0.513. The predicted octanol–water partition coefficient (Wildman–Crippen LogP) is 4.93. The number of pyridine rings is 1. The lowest BCUT2D eigenvalue weighted by molar-refractivity contribution is 0.386. The molecule has 1 aromatic carbocycles. The Morgan fingerprint density at radius 3 is 2.75 bits per heavy atom. The summed E-state index contributed by atoms with van der Waals surface area (Å²) in [5.74, 6) is 0.0504. The number of hydrogen-bond acceptors (Lipinski definition) is 4. The molecule has 4 rings (SSSR count). The van der Waals surface area contributed by atoms with E-state index in [4.69, 9.17) is 16.3 Å². The van der Waals surface area contributed by atoms with Crippen LogP contribution < -0.4 is 10.3 Å². The van der Waals surface area contributed by atoms with Crippen molar-refractivity contribution in [3.63, 3.8) is 0 Å². The van der Waals surface area contributed by atoms with Crippen LogP contribution in [0.15, 0.2) is 29.2 Å². The average molecular weight is 402 g/mol. The molecule has 1 saturated carbocycles. The third-order valence-electron chi connectivity index (χ3n) is 5.39. The third kappa shape index (κ3) is 3.05. The minimum absolute atomic E-state index is 0.0768. The Hall–Kier alpha value is -2.47. The number of fused-ring (bicyclic) bond motifs is 1. The molecule has 1 fully saturated rings. The number of benzene rings is 1. The molecule has 0 radical (unpaired) electrons. The van der Waals surface area contributed by atoms with Gasteiger partial charge in [-0.1, -0.05) is 18.5 Å². The van der Waals surface area contributed by atoms with Crippen LogP contribution >= 0.6 is 11.6 Å². The number of rotatable bonds is 5. The Balaban J connectivity index is 2.01. The van der Waals surface area contributed by atoms with Gasteiger partial charge in [-0.05, 0) is 44.2 Å². The van der Waals surface area contributed by atoms with Crippen molar-refractivity contribution >= 4 is 22.8 Å². The Morgan fingerprint density at radius 1 is 1.36 bits per heavy atom. The first-order valence-electron chi connectivity index (χ1n) is 9.37. The summed E-state index contributed by atoms with van der Waals surface area (Å²) < 4.78 is 21.1. The number of hydrogen-bond donors (Lipinski definition) is 0. The van der Waals surface area contributed by atoms with Gasteiger partial charge < -0.3 is 4.74 Å². The van der Waals surface area contributed by atoms with Crippen molar-refractivity contribution in [3.8, 4) is 16.9 Å². The Kier molecular flexibility index (Phi) is 4.83. The van der Waals surface area contributed by atoms with Crippen molar-refractivity contribution in [1.29, 1.82) is 0 Å². The summed E-state index contributed by atoms with van der Waals surface area (Å²) in [4.78, 5) is 21.9. The topological polar surface area (TPSA) is 57.0 Å². The third-order valence-corrected chi connectivity index (χ3v) is 5.70. The highest BCUT2D eigenvalue weighted by molar-refractivity contribution is 6.33. The van der Waals surface area contributed by atoms with Crippen molar-refractivity contribution in [2.45, 2.75) is 39.2 Å². The van der Waals surface area contributed by atoms with Crippen LogP contribution in [0.5, 0.6) is 5.75 Å². The van der Waals surface area contributed by atoms with E-state index < -0.39 is 5.82 Å². The van der Waals surface area contributed by atoms with Crippen LogP contribution in [0.2, 0.25) is 5.02 Å². The van der Waals surface area contributed by atoms with E-state index in [9.17, 15) is 9.18 Å². The molecule has 2 heterocycles. The Labute approximate surface area is 167 Å². The van der Waals surface area contributed by atoms with Crippen LogP contribution in [0.25, 0.3) is 22.3 Å². The smallest absolute Gasteiger partial charge is 0.273 e. The van der Waals surface area contributed by atoms with Crippen LogP contribution in [0.3, 0.4) is 0 Å². The molecule has 1 atom stereocenters. The predicted molar refractivity (Wildman–Crippen MR) is 108 cm³/mol. The summed E-state index contributed by atoms with van der Waals surface area (Å²) in [6.07, 6.45) is 4.68. The van der Waals surface area contributed by atoms with Gasteiger partial charge in [-0.15, -0.1) is 0 Å². The quantitative estimate of drug-likeness (QED) is 0.608. The summed E-state index contributed by atoms with van der Waals surface area (Å²) in [7, 11) is 1.39. The first-order chi connectivity index (χ1) is 13.5. The normalized spacial score (nSPS) is 15.0. The molecule has 1 aliphatic rings. The van der Waals surface area contributed by atoms with Crippen LogP contribution in [0.1, 0.15) is 37.9 Å². The minimum Gasteiger partial charge on any atom is -0.494 e. The molecule has 5 nitrogen and oxygen atoms in total. The second kappa shape index (κ2) is 7.17. The number of aromatic nitrogens is 3. The zero-order chi connectivity index (χ0) is 20.0. The zero-order valence-electron chi connectivity index (χ0n) is 16.0. The van der Waals surface area contributed by atoms with Crippen molar-refractivity contribution in [2.24, 2.45) is 5.92 Å². The Bertz CT molecular complexity index is 1120. The number of halogens is 2. The summed E-state index contributed by atoms with van der Waals surface area (Å²) in [5, 5.41) is 0.345. The standard InChI is InChI=1S/C21H21ClFN3O2/c1-4-17(12-5-6-12)26-20-19(25-11(2)21(26)27)13(7-8-24-20)14-9-16(23)18(28-3)10-15(14)22/h7-10,12,17H,4-6H2,1-3H3/t17-/m0/s1. The highest BCUT2D eigenvalue weighted by Crippen LogP contribution is 2.42. The molecule has 0 bridgehead atoms. The first-order valence-corrected chi connectivity index (χ1v) is 9.75. The van der Waals surface area contributed by atoms with Gasteiger partial charge in [0.25, 0.3) is 5.56 Å². The molecule has 0 aliphatic heterocycles. The van der Waals surface area contributed by atoms with E-state index in [1.165, 1.54) is 19.2 Å². The van der Waals surface area contributed by atoms with Crippen molar-refractivity contribution in [2.75, 3.05) is 7.11 Å². The van der Waals surface area contributed by atoms with E-state index in [2.05, 4.69) is 16.9 Å². The van der Waals surface area contributed by atoms with E-state index >= 15 is 0 Å². The number of aryl methyl sites for hydroxylation is 1. The van der Waals surface area contributed by atoms with E-state index in [0.717, 1.165) is 19.3 Å². The average Bonchev–Trinajstić information content (AvgIpc) is 3.51. The molecule has 28 heavy (non-hydrogen) atoms. The molecule has 0 spiro atoms. The molecule has 1 aliphatic carbocycles. The second-order valence-electron chi connectivity index (χ2n) is 7.18.